The molecular formula is C30H40N2O4S. The van der Waals surface area contributed by atoms with Crippen LogP contribution in [0, 0.1) is 17.8 Å². The molecule has 1 aliphatic carbocycles. The number of carboxylic acid groups (broad SMARTS) is 1. The molecule has 0 radical (unpaired) electrons. The Morgan fingerprint density at radius 2 is 1.86 bits per heavy atom. The Balaban J connectivity index is 1.16. The lowest BCUT2D eigenvalue weighted by atomic mass is 9.74. The molecule has 200 valence electrons. The fraction of sp³-hybridized carbons (Fsp3) is 0.633. The highest BCUT2D eigenvalue weighted by atomic mass is 32.1. The number of oxazole rings is 1. The van der Waals surface area contributed by atoms with Crippen LogP contribution in [0.2, 0.25) is 0 Å². The number of benzene rings is 1. The van der Waals surface area contributed by atoms with Gasteiger partial charge >= 0.3 is 5.97 Å². The van der Waals surface area contributed by atoms with Crippen LogP contribution in [0.3, 0.4) is 0 Å². The summed E-state index contributed by atoms with van der Waals surface area (Å²) in [4.78, 5) is 17.6. The van der Waals surface area contributed by atoms with Crippen LogP contribution in [0.1, 0.15) is 93.7 Å². The SMILES string of the molecule is O=C(O)C(Cc1ccccc1)C[C@@H]1[C@H](c2nc(C(=S)NCCCCC3CCCCC3)co2)[C@@H]2CC[C@H]1O2. The average molecular weight is 525 g/mol. The van der Waals surface area contributed by atoms with E-state index in [1.54, 1.807) is 6.26 Å². The number of hydrogen-bond acceptors (Lipinski definition) is 5. The van der Waals surface area contributed by atoms with E-state index in [0.717, 1.165) is 37.3 Å². The molecule has 2 bridgehead atoms. The molecule has 7 heteroatoms. The lowest BCUT2D eigenvalue weighted by Crippen LogP contribution is -2.31. The maximum atomic E-state index is 12.2. The second-order valence-electron chi connectivity index (χ2n) is 11.3. The van der Waals surface area contributed by atoms with Crippen molar-refractivity contribution in [3.05, 3.63) is 53.7 Å². The summed E-state index contributed by atoms with van der Waals surface area (Å²) in [6.07, 6.45) is 15.5. The van der Waals surface area contributed by atoms with Crippen molar-refractivity contribution < 1.29 is 19.1 Å². The lowest BCUT2D eigenvalue weighted by molar-refractivity contribution is -0.142. The maximum Gasteiger partial charge on any atom is 0.306 e. The second kappa shape index (κ2) is 12.5. The second-order valence-corrected chi connectivity index (χ2v) is 11.7. The minimum atomic E-state index is -0.757. The molecule has 5 rings (SSSR count). The minimum Gasteiger partial charge on any atom is -0.481 e. The van der Waals surface area contributed by atoms with Gasteiger partial charge in [0, 0.05) is 6.54 Å². The number of carboxylic acids is 1. The van der Waals surface area contributed by atoms with Crippen molar-refractivity contribution in [2.75, 3.05) is 6.54 Å². The third-order valence-corrected chi connectivity index (χ3v) is 9.10. The summed E-state index contributed by atoms with van der Waals surface area (Å²) in [6, 6.07) is 9.86. The van der Waals surface area contributed by atoms with E-state index in [4.69, 9.17) is 26.4 Å². The van der Waals surface area contributed by atoms with Gasteiger partial charge in [0.05, 0.1) is 24.0 Å². The molecule has 1 unspecified atom stereocenters. The number of ether oxygens (including phenoxy) is 1. The van der Waals surface area contributed by atoms with E-state index >= 15 is 0 Å². The summed E-state index contributed by atoms with van der Waals surface area (Å²) in [5, 5.41) is 13.3. The van der Waals surface area contributed by atoms with E-state index in [9.17, 15) is 9.90 Å². The normalized spacial score (nSPS) is 26.3. The van der Waals surface area contributed by atoms with Gasteiger partial charge in [0.25, 0.3) is 0 Å². The fourth-order valence-corrected chi connectivity index (χ4v) is 6.98. The zero-order chi connectivity index (χ0) is 25.6. The van der Waals surface area contributed by atoms with Crippen molar-refractivity contribution >= 4 is 23.2 Å². The van der Waals surface area contributed by atoms with Gasteiger partial charge in [-0.05, 0) is 49.5 Å². The summed E-state index contributed by atoms with van der Waals surface area (Å²) < 4.78 is 12.2. The first-order chi connectivity index (χ1) is 18.1. The molecule has 2 aromatic rings. The molecule has 1 saturated carbocycles. The van der Waals surface area contributed by atoms with Crippen molar-refractivity contribution in [2.24, 2.45) is 17.8 Å². The van der Waals surface area contributed by atoms with Gasteiger partial charge in [0.1, 0.15) is 16.9 Å². The standard InChI is InChI=1S/C30H40N2O4S/c33-30(34)22(17-21-12-5-2-6-13-21)18-23-25-14-15-26(36-25)27(23)28-32-24(19-35-28)29(37)31-16-8-7-11-20-9-3-1-4-10-20/h2,5-6,12-13,19-20,22-23,25-27H,1,3-4,7-11,14-18H2,(H,31,37)(H,33,34)/t22?,23-,25+,26-,27-/m0/s1. The molecule has 3 fully saturated rings. The van der Waals surface area contributed by atoms with Crippen LogP contribution in [-0.2, 0) is 16.0 Å². The monoisotopic (exact) mass is 524 g/mol. The van der Waals surface area contributed by atoms with Crippen molar-refractivity contribution in [1.29, 1.82) is 0 Å². The number of thiocarbonyl (C=S) groups is 1. The average Bonchev–Trinajstić information content (AvgIpc) is 3.66. The van der Waals surface area contributed by atoms with Crippen molar-refractivity contribution in [1.82, 2.24) is 10.3 Å². The summed E-state index contributed by atoms with van der Waals surface area (Å²) in [5.41, 5.74) is 1.71. The summed E-state index contributed by atoms with van der Waals surface area (Å²) >= 11 is 5.61. The van der Waals surface area contributed by atoms with Gasteiger partial charge in [-0.2, -0.15) is 0 Å². The number of fused-ring (bicyclic) bond motifs is 2. The molecule has 0 amide bonds. The van der Waals surface area contributed by atoms with Gasteiger partial charge in [0.2, 0.25) is 5.89 Å². The summed E-state index contributed by atoms with van der Waals surface area (Å²) in [6.45, 7) is 0.855. The number of aliphatic carboxylic acids is 1. The highest BCUT2D eigenvalue weighted by Crippen LogP contribution is 2.51. The number of unbranched alkanes of at least 4 members (excludes halogenated alkanes) is 1. The predicted octanol–water partition coefficient (Wildman–Crippen LogP) is 6.28. The van der Waals surface area contributed by atoms with E-state index in [1.807, 2.05) is 30.3 Å². The summed E-state index contributed by atoms with van der Waals surface area (Å²) in [7, 11) is 0. The number of hydrogen-bond donors (Lipinski definition) is 2. The first-order valence-corrected chi connectivity index (χ1v) is 14.6. The summed E-state index contributed by atoms with van der Waals surface area (Å²) in [5.74, 6) is 0.386. The van der Waals surface area contributed by atoms with Crippen molar-refractivity contribution in [3.63, 3.8) is 0 Å². The third kappa shape index (κ3) is 6.61. The van der Waals surface area contributed by atoms with Crippen LogP contribution in [0.5, 0.6) is 0 Å². The predicted molar refractivity (Wildman–Crippen MR) is 147 cm³/mol. The Morgan fingerprint density at radius 1 is 1.08 bits per heavy atom. The molecule has 1 aromatic carbocycles. The van der Waals surface area contributed by atoms with Crippen LogP contribution >= 0.6 is 12.2 Å². The van der Waals surface area contributed by atoms with E-state index < -0.39 is 11.9 Å². The Kier molecular flexibility index (Phi) is 8.93. The van der Waals surface area contributed by atoms with Crippen LogP contribution < -0.4 is 5.32 Å². The van der Waals surface area contributed by atoms with Gasteiger partial charge < -0.3 is 19.6 Å². The van der Waals surface area contributed by atoms with Crippen LogP contribution in [0.15, 0.2) is 41.0 Å². The van der Waals surface area contributed by atoms with Gasteiger partial charge in [0.15, 0.2) is 0 Å². The molecule has 2 N–H and O–H groups in total. The molecule has 0 spiro atoms. The molecule has 1 aromatic heterocycles. The van der Waals surface area contributed by atoms with Crippen LogP contribution in [0.25, 0.3) is 0 Å². The molecule has 37 heavy (non-hydrogen) atoms. The molecule has 3 aliphatic rings. The zero-order valence-electron chi connectivity index (χ0n) is 21.6. The number of aromatic nitrogens is 1. The molecule has 2 saturated heterocycles. The molecule has 2 aliphatic heterocycles. The Bertz CT molecular complexity index is 1040. The molecular weight excluding hydrogens is 484 g/mol. The number of rotatable bonds is 12. The highest BCUT2D eigenvalue weighted by Gasteiger charge is 2.52. The van der Waals surface area contributed by atoms with E-state index in [0.29, 0.717) is 29.4 Å². The largest absolute Gasteiger partial charge is 0.481 e. The first-order valence-electron chi connectivity index (χ1n) is 14.2. The first kappa shape index (κ1) is 26.4. The fourth-order valence-electron chi connectivity index (χ4n) is 6.79. The smallest absolute Gasteiger partial charge is 0.306 e. The Labute approximate surface area is 225 Å². The molecule has 6 nitrogen and oxygen atoms in total. The van der Waals surface area contributed by atoms with Crippen molar-refractivity contribution in [3.8, 4) is 0 Å². The minimum absolute atomic E-state index is 0.0246. The van der Waals surface area contributed by atoms with Crippen molar-refractivity contribution in [2.45, 2.75) is 95.2 Å². The van der Waals surface area contributed by atoms with Gasteiger partial charge in [-0.3, -0.25) is 4.79 Å². The number of carbonyl (C=O) groups is 1. The van der Waals surface area contributed by atoms with Crippen LogP contribution in [0.4, 0.5) is 0 Å². The number of nitrogens with zero attached hydrogens (tertiary/aromatic N) is 1. The van der Waals surface area contributed by atoms with E-state index in [1.165, 1.54) is 44.9 Å². The van der Waals surface area contributed by atoms with E-state index in [2.05, 4.69) is 5.32 Å². The zero-order valence-corrected chi connectivity index (χ0v) is 22.5. The number of nitrogens with one attached hydrogen (secondary N) is 1. The van der Waals surface area contributed by atoms with Gasteiger partial charge in [-0.15, -0.1) is 0 Å². The Morgan fingerprint density at radius 3 is 2.65 bits per heavy atom. The molecule has 3 heterocycles. The van der Waals surface area contributed by atoms with E-state index in [-0.39, 0.29) is 24.0 Å². The lowest BCUT2D eigenvalue weighted by Gasteiger charge is -2.28. The van der Waals surface area contributed by atoms with Crippen LogP contribution in [-0.4, -0.2) is 39.8 Å². The highest BCUT2D eigenvalue weighted by molar-refractivity contribution is 7.80. The molecule has 5 atom stereocenters. The van der Waals surface area contributed by atoms with Gasteiger partial charge in [-0.1, -0.05) is 87.5 Å². The quantitative estimate of drug-likeness (QED) is 0.249. The van der Waals surface area contributed by atoms with Gasteiger partial charge in [-0.25, -0.2) is 4.98 Å². The maximum absolute atomic E-state index is 12.2. The topological polar surface area (TPSA) is 84.6 Å². The third-order valence-electron chi connectivity index (χ3n) is 8.74. The Hall–Kier alpha value is -2.25.